The Morgan fingerprint density at radius 1 is 1.14 bits per heavy atom. The minimum atomic E-state index is -0.609. The molecule has 0 radical (unpaired) electrons. The molecule has 0 amide bonds. The van der Waals surface area contributed by atoms with Gasteiger partial charge in [0.2, 0.25) is 0 Å². The van der Waals surface area contributed by atoms with Crippen LogP contribution in [0.5, 0.6) is 11.5 Å². The lowest BCUT2D eigenvalue weighted by Crippen LogP contribution is -2.37. The molecule has 3 N–H and O–H groups in total. The fourth-order valence-electron chi connectivity index (χ4n) is 5.11. The molecular formula is C29H31N3O4S. The number of nitrogens with one attached hydrogen (secondary N) is 2. The van der Waals surface area contributed by atoms with E-state index in [1.165, 1.54) is 17.3 Å². The predicted octanol–water partition coefficient (Wildman–Crippen LogP) is 5.68. The molecule has 0 fully saturated rings. The second-order valence-corrected chi connectivity index (χ2v) is 11.4. The van der Waals surface area contributed by atoms with Crippen LogP contribution in [-0.2, 0) is 10.5 Å². The Morgan fingerprint density at radius 2 is 1.89 bits per heavy atom. The van der Waals surface area contributed by atoms with Crippen molar-refractivity contribution in [2.75, 3.05) is 11.9 Å². The molecule has 1 unspecified atom stereocenters. The molecule has 192 valence electrons. The van der Waals surface area contributed by atoms with Crippen molar-refractivity contribution in [3.8, 4) is 11.5 Å². The van der Waals surface area contributed by atoms with Crippen molar-refractivity contribution in [1.29, 1.82) is 0 Å². The van der Waals surface area contributed by atoms with Crippen LogP contribution in [0.2, 0.25) is 0 Å². The number of Topliss-reactive ketones (excluding diaryl/α,β-unsaturated/α-hetero) is 1. The fraction of sp³-hybridized carbons (Fsp3) is 0.345. The number of aromatic hydroxyl groups is 1. The zero-order valence-corrected chi connectivity index (χ0v) is 22.3. The Balaban J connectivity index is 1.59. The lowest BCUT2D eigenvalue weighted by Gasteiger charge is -2.38. The highest BCUT2D eigenvalue weighted by molar-refractivity contribution is 7.98. The van der Waals surface area contributed by atoms with Crippen LogP contribution < -0.4 is 15.6 Å². The summed E-state index contributed by atoms with van der Waals surface area (Å²) in [6, 6.07) is 13.3. The number of H-pyrrole nitrogens is 1. The highest BCUT2D eigenvalue weighted by Gasteiger charge is 2.42. The molecule has 8 heteroatoms. The number of carbonyl (C=O) groups excluding carboxylic acids is 1. The number of ether oxygens (including phenoxy) is 1. The van der Waals surface area contributed by atoms with E-state index in [0.717, 1.165) is 11.3 Å². The molecule has 2 aromatic carbocycles. The van der Waals surface area contributed by atoms with Gasteiger partial charge in [-0.25, -0.2) is 4.98 Å². The topological polar surface area (TPSA) is 104 Å². The molecule has 0 bridgehead atoms. The average molecular weight is 518 g/mol. The van der Waals surface area contributed by atoms with Crippen LogP contribution in [0.25, 0.3) is 0 Å². The van der Waals surface area contributed by atoms with E-state index >= 15 is 0 Å². The molecule has 0 spiro atoms. The third-order valence-corrected chi connectivity index (χ3v) is 7.76. The monoisotopic (exact) mass is 517 g/mol. The summed E-state index contributed by atoms with van der Waals surface area (Å²) < 4.78 is 5.61. The second-order valence-electron chi connectivity index (χ2n) is 10.5. The van der Waals surface area contributed by atoms with E-state index in [1.807, 2.05) is 13.8 Å². The molecule has 2 heterocycles. The van der Waals surface area contributed by atoms with Crippen molar-refractivity contribution in [3.05, 3.63) is 86.3 Å². The SMILES string of the molecule is CCOc1cc(C2C3=C(CC(C)(C)CC3=O)Nc3nc(SCc4ccc(C)cc4)[nH]c(=O)c32)ccc1O. The molecule has 3 aromatic rings. The zero-order valence-electron chi connectivity index (χ0n) is 21.5. The van der Waals surface area contributed by atoms with E-state index < -0.39 is 5.92 Å². The van der Waals surface area contributed by atoms with Gasteiger partial charge in [0.15, 0.2) is 22.4 Å². The number of phenols is 1. The van der Waals surface area contributed by atoms with Crippen LogP contribution in [0.15, 0.2) is 63.7 Å². The summed E-state index contributed by atoms with van der Waals surface area (Å²) in [5.74, 6) is 0.871. The summed E-state index contributed by atoms with van der Waals surface area (Å²) in [6.07, 6.45) is 1.06. The lowest BCUT2D eigenvalue weighted by molar-refractivity contribution is -0.118. The van der Waals surface area contributed by atoms with Gasteiger partial charge in [-0.3, -0.25) is 9.59 Å². The number of fused-ring (bicyclic) bond motifs is 1. The number of allylic oxidation sites excluding steroid dienone is 2. The number of anilines is 1. The molecule has 1 aromatic heterocycles. The maximum Gasteiger partial charge on any atom is 0.257 e. The molecule has 0 saturated heterocycles. The summed E-state index contributed by atoms with van der Waals surface area (Å²) in [5.41, 5.74) is 4.34. The van der Waals surface area contributed by atoms with Gasteiger partial charge in [0.05, 0.1) is 12.2 Å². The minimum absolute atomic E-state index is 0.0117. The van der Waals surface area contributed by atoms with E-state index in [0.29, 0.717) is 58.6 Å². The first-order chi connectivity index (χ1) is 17.6. The van der Waals surface area contributed by atoms with E-state index in [1.54, 1.807) is 18.2 Å². The average Bonchev–Trinajstić information content (AvgIpc) is 2.83. The van der Waals surface area contributed by atoms with Crippen molar-refractivity contribution in [2.45, 2.75) is 57.4 Å². The van der Waals surface area contributed by atoms with Crippen molar-refractivity contribution in [3.63, 3.8) is 0 Å². The van der Waals surface area contributed by atoms with Gasteiger partial charge < -0.3 is 20.1 Å². The number of aromatic nitrogens is 2. The lowest BCUT2D eigenvalue weighted by atomic mass is 9.69. The Morgan fingerprint density at radius 3 is 2.62 bits per heavy atom. The van der Waals surface area contributed by atoms with Gasteiger partial charge in [-0.1, -0.05) is 61.5 Å². The van der Waals surface area contributed by atoms with Gasteiger partial charge >= 0.3 is 0 Å². The number of aryl methyl sites for hydroxylation is 1. The van der Waals surface area contributed by atoms with Gasteiger partial charge in [-0.15, -0.1) is 0 Å². The first-order valence-corrected chi connectivity index (χ1v) is 13.5. The van der Waals surface area contributed by atoms with E-state index in [4.69, 9.17) is 9.72 Å². The van der Waals surface area contributed by atoms with Gasteiger partial charge in [0.1, 0.15) is 5.82 Å². The number of hydrogen-bond donors (Lipinski definition) is 3. The number of rotatable bonds is 6. The van der Waals surface area contributed by atoms with Crippen molar-refractivity contribution in [2.24, 2.45) is 5.41 Å². The van der Waals surface area contributed by atoms with Crippen molar-refractivity contribution >= 4 is 23.4 Å². The van der Waals surface area contributed by atoms with Crippen LogP contribution in [0.1, 0.15) is 61.8 Å². The fourth-order valence-corrected chi connectivity index (χ4v) is 5.93. The molecule has 1 atom stereocenters. The third-order valence-electron chi connectivity index (χ3n) is 6.81. The maximum absolute atomic E-state index is 13.5. The third kappa shape index (κ3) is 5.03. The van der Waals surface area contributed by atoms with Crippen LogP contribution in [0, 0.1) is 12.3 Å². The minimum Gasteiger partial charge on any atom is -0.504 e. The normalized spacial score (nSPS) is 18.2. The van der Waals surface area contributed by atoms with Crippen molar-refractivity contribution < 1.29 is 14.6 Å². The summed E-state index contributed by atoms with van der Waals surface area (Å²) in [5, 5.41) is 14.1. The summed E-state index contributed by atoms with van der Waals surface area (Å²) >= 11 is 1.46. The Bertz CT molecular complexity index is 1460. The summed E-state index contributed by atoms with van der Waals surface area (Å²) in [6.45, 7) is 8.41. The quantitative estimate of drug-likeness (QED) is 0.286. The second kappa shape index (κ2) is 9.74. The van der Waals surface area contributed by atoms with Gasteiger partial charge in [0, 0.05) is 29.4 Å². The van der Waals surface area contributed by atoms with Crippen LogP contribution in [0.3, 0.4) is 0 Å². The maximum atomic E-state index is 13.5. The summed E-state index contributed by atoms with van der Waals surface area (Å²) in [4.78, 5) is 34.7. The summed E-state index contributed by atoms with van der Waals surface area (Å²) in [7, 11) is 0. The molecule has 5 rings (SSSR count). The zero-order chi connectivity index (χ0) is 26.3. The van der Waals surface area contributed by atoms with Crippen molar-refractivity contribution in [1.82, 2.24) is 9.97 Å². The Labute approximate surface area is 220 Å². The molecule has 1 aliphatic heterocycles. The smallest absolute Gasteiger partial charge is 0.257 e. The number of benzene rings is 2. The molecule has 1 aliphatic carbocycles. The molecule has 7 nitrogen and oxygen atoms in total. The highest BCUT2D eigenvalue weighted by Crippen LogP contribution is 2.48. The molecule has 2 aliphatic rings. The molecular weight excluding hydrogens is 486 g/mol. The number of ketones is 1. The molecule has 0 saturated carbocycles. The molecule has 37 heavy (non-hydrogen) atoms. The van der Waals surface area contributed by atoms with Gasteiger partial charge in [-0.05, 0) is 48.9 Å². The number of aromatic amines is 1. The van der Waals surface area contributed by atoms with E-state index in [9.17, 15) is 14.7 Å². The number of hydrogen-bond acceptors (Lipinski definition) is 7. The van der Waals surface area contributed by atoms with Gasteiger partial charge in [0.25, 0.3) is 5.56 Å². The van der Waals surface area contributed by atoms with Crippen LogP contribution in [0.4, 0.5) is 5.82 Å². The highest BCUT2D eigenvalue weighted by atomic mass is 32.2. The van der Waals surface area contributed by atoms with Crippen LogP contribution in [-0.4, -0.2) is 27.5 Å². The number of phenolic OH excluding ortho intramolecular Hbond substituents is 1. The number of nitrogens with zero attached hydrogens (tertiary/aromatic N) is 1. The van der Waals surface area contributed by atoms with Gasteiger partial charge in [-0.2, -0.15) is 0 Å². The first kappa shape index (κ1) is 25.1. The first-order valence-electron chi connectivity index (χ1n) is 12.5. The predicted molar refractivity (Wildman–Crippen MR) is 145 cm³/mol. The Hall–Kier alpha value is -3.52. The number of thioether (sulfide) groups is 1. The Kier molecular flexibility index (Phi) is 6.62. The van der Waals surface area contributed by atoms with Crippen LogP contribution >= 0.6 is 11.8 Å². The standard InChI is InChI=1S/C29H31N3O4S/c1-5-36-22-12-18(10-11-20(22)33)23-24-19(13-29(3,4)14-21(24)34)30-26-25(23)27(35)32-28(31-26)37-15-17-8-6-16(2)7-9-17/h6-12,23,33H,5,13-15H2,1-4H3,(H2,30,31,32,35). The largest absolute Gasteiger partial charge is 0.504 e. The van der Waals surface area contributed by atoms with E-state index in [2.05, 4.69) is 48.4 Å². The van der Waals surface area contributed by atoms with E-state index in [-0.39, 0.29) is 22.5 Å². The number of carbonyl (C=O) groups is 1.